The molecule has 0 N–H and O–H groups in total. The predicted molar refractivity (Wildman–Crippen MR) is 107 cm³/mol. The Morgan fingerprint density at radius 1 is 1.14 bits per heavy atom. The van der Waals surface area contributed by atoms with Crippen LogP contribution in [0.1, 0.15) is 48.0 Å². The molecule has 1 aliphatic carbocycles. The highest BCUT2D eigenvalue weighted by molar-refractivity contribution is 7.89. The van der Waals surface area contributed by atoms with Gasteiger partial charge in [-0.05, 0) is 31.4 Å². The molecular weight excluding hydrogens is 394 g/mol. The van der Waals surface area contributed by atoms with E-state index < -0.39 is 15.8 Å². The largest absolute Gasteiger partial charge is 0.346 e. The molecule has 0 bridgehead atoms. The number of sulfonamides is 1. The van der Waals surface area contributed by atoms with Gasteiger partial charge in [0.05, 0.1) is 37.1 Å². The molecule has 0 aromatic carbocycles. The highest BCUT2D eigenvalue weighted by Crippen LogP contribution is 2.31. The molecule has 2 aliphatic heterocycles. The average molecular weight is 424 g/mol. The highest BCUT2D eigenvalue weighted by Gasteiger charge is 2.47. The number of morpholine rings is 2. The molecule has 1 saturated carbocycles. The standard InChI is InChI=1S/C20H29N3O5S/c1-16-7-8-21-13-18(16)19(24)22-9-11-27-20(14-22)15-23(10-12-28-20)29(25,26)17-5-3-2-4-6-17/h7-8,13,17H,2-6,9-12,14-15H2,1H3. The van der Waals surface area contributed by atoms with Crippen LogP contribution in [-0.4, -0.2) is 78.9 Å². The minimum atomic E-state index is -3.40. The van der Waals surface area contributed by atoms with Gasteiger partial charge in [0.1, 0.15) is 0 Å². The first-order chi connectivity index (χ1) is 13.9. The van der Waals surface area contributed by atoms with E-state index >= 15 is 0 Å². The van der Waals surface area contributed by atoms with E-state index in [1.807, 2.05) is 6.92 Å². The fraction of sp³-hybridized carbons (Fsp3) is 0.700. The molecule has 0 radical (unpaired) electrons. The van der Waals surface area contributed by atoms with E-state index in [2.05, 4.69) is 4.98 Å². The Kier molecular flexibility index (Phi) is 5.92. The van der Waals surface area contributed by atoms with Crippen LogP contribution in [0.25, 0.3) is 0 Å². The quantitative estimate of drug-likeness (QED) is 0.733. The Labute approximate surface area is 172 Å². The van der Waals surface area contributed by atoms with Crippen LogP contribution in [0.15, 0.2) is 18.5 Å². The average Bonchev–Trinajstić information content (AvgIpc) is 2.74. The summed E-state index contributed by atoms with van der Waals surface area (Å²) < 4.78 is 39.7. The first-order valence-electron chi connectivity index (χ1n) is 10.4. The predicted octanol–water partition coefficient (Wildman–Crippen LogP) is 1.55. The third-order valence-electron chi connectivity index (χ3n) is 6.17. The van der Waals surface area contributed by atoms with E-state index in [-0.39, 0.29) is 30.9 Å². The summed E-state index contributed by atoms with van der Waals surface area (Å²) in [6.07, 6.45) is 7.70. The van der Waals surface area contributed by atoms with Gasteiger partial charge in [-0.2, -0.15) is 4.31 Å². The number of rotatable bonds is 3. The Balaban J connectivity index is 1.50. The lowest BCUT2D eigenvalue weighted by Gasteiger charge is -2.47. The molecule has 1 amide bonds. The van der Waals surface area contributed by atoms with Crippen molar-refractivity contribution in [1.29, 1.82) is 0 Å². The van der Waals surface area contributed by atoms with Gasteiger partial charge in [-0.1, -0.05) is 19.3 Å². The number of ether oxygens (including phenoxy) is 2. The number of hydrogen-bond donors (Lipinski definition) is 0. The highest BCUT2D eigenvalue weighted by atomic mass is 32.2. The van der Waals surface area contributed by atoms with Crippen LogP contribution < -0.4 is 0 Å². The van der Waals surface area contributed by atoms with Crippen molar-refractivity contribution in [3.63, 3.8) is 0 Å². The van der Waals surface area contributed by atoms with Crippen molar-refractivity contribution in [2.45, 2.75) is 50.1 Å². The molecule has 160 valence electrons. The van der Waals surface area contributed by atoms with Gasteiger partial charge < -0.3 is 14.4 Å². The number of hydrogen-bond acceptors (Lipinski definition) is 6. The van der Waals surface area contributed by atoms with Crippen molar-refractivity contribution in [1.82, 2.24) is 14.2 Å². The summed E-state index contributed by atoms with van der Waals surface area (Å²) in [5.74, 6) is -1.24. The molecule has 1 aromatic rings. The van der Waals surface area contributed by atoms with E-state index in [1.165, 1.54) is 4.31 Å². The fourth-order valence-electron chi connectivity index (χ4n) is 4.49. The van der Waals surface area contributed by atoms with Crippen molar-refractivity contribution in [2.24, 2.45) is 0 Å². The van der Waals surface area contributed by atoms with Crippen molar-refractivity contribution < 1.29 is 22.7 Å². The zero-order valence-corrected chi connectivity index (χ0v) is 17.7. The summed E-state index contributed by atoms with van der Waals surface area (Å²) in [6, 6.07) is 1.80. The zero-order chi connectivity index (χ0) is 20.5. The summed E-state index contributed by atoms with van der Waals surface area (Å²) in [7, 11) is -3.40. The second-order valence-electron chi connectivity index (χ2n) is 8.16. The van der Waals surface area contributed by atoms with E-state index in [0.29, 0.717) is 25.3 Å². The first kappa shape index (κ1) is 20.7. The maximum atomic E-state index is 13.2. The summed E-state index contributed by atoms with van der Waals surface area (Å²) in [5.41, 5.74) is 1.41. The van der Waals surface area contributed by atoms with E-state index in [1.54, 1.807) is 23.4 Å². The molecular formula is C20H29N3O5S. The maximum absolute atomic E-state index is 13.2. The number of nitrogens with zero attached hydrogens (tertiary/aromatic N) is 3. The lowest BCUT2D eigenvalue weighted by Crippen LogP contribution is -2.64. The molecule has 2 saturated heterocycles. The van der Waals surface area contributed by atoms with Crippen LogP contribution in [0.4, 0.5) is 0 Å². The Bertz CT molecular complexity index is 851. The van der Waals surface area contributed by atoms with Crippen LogP contribution in [0, 0.1) is 6.92 Å². The monoisotopic (exact) mass is 423 g/mol. The molecule has 1 unspecified atom stereocenters. The molecule has 3 heterocycles. The van der Waals surface area contributed by atoms with E-state index in [4.69, 9.17) is 9.47 Å². The van der Waals surface area contributed by atoms with Gasteiger partial charge in [0.25, 0.3) is 5.91 Å². The smallest absolute Gasteiger partial charge is 0.255 e. The SMILES string of the molecule is Cc1ccncc1C(=O)N1CCOC2(C1)CN(S(=O)(=O)C1CCCCC1)CCO2. The number of amides is 1. The topological polar surface area (TPSA) is 89.0 Å². The van der Waals surface area contributed by atoms with Crippen LogP contribution >= 0.6 is 0 Å². The minimum Gasteiger partial charge on any atom is -0.346 e. The third kappa shape index (κ3) is 4.19. The second kappa shape index (κ2) is 8.29. The number of carbonyl (C=O) groups excluding carboxylic acids is 1. The van der Waals surface area contributed by atoms with Gasteiger partial charge in [-0.3, -0.25) is 9.78 Å². The Morgan fingerprint density at radius 2 is 1.86 bits per heavy atom. The van der Waals surface area contributed by atoms with Gasteiger partial charge in [-0.15, -0.1) is 0 Å². The van der Waals surface area contributed by atoms with Crippen LogP contribution in [0.2, 0.25) is 0 Å². The normalized spacial score (nSPS) is 27.3. The maximum Gasteiger partial charge on any atom is 0.255 e. The molecule has 9 heteroatoms. The molecule has 1 spiro atoms. The number of pyridine rings is 1. The fourth-order valence-corrected chi connectivity index (χ4v) is 6.55. The molecule has 4 rings (SSSR count). The van der Waals surface area contributed by atoms with Gasteiger partial charge in [-0.25, -0.2) is 8.42 Å². The van der Waals surface area contributed by atoms with Gasteiger partial charge in [0.2, 0.25) is 10.0 Å². The summed E-state index contributed by atoms with van der Waals surface area (Å²) in [5, 5.41) is -0.314. The molecule has 8 nitrogen and oxygen atoms in total. The van der Waals surface area contributed by atoms with Crippen molar-refractivity contribution in [3.05, 3.63) is 29.6 Å². The van der Waals surface area contributed by atoms with Crippen molar-refractivity contribution in [3.8, 4) is 0 Å². The summed E-state index contributed by atoms with van der Waals surface area (Å²) in [6.45, 7) is 3.55. The molecule has 1 atom stereocenters. The van der Waals surface area contributed by atoms with Gasteiger partial charge in [0.15, 0.2) is 5.79 Å². The number of aromatic nitrogens is 1. The second-order valence-corrected chi connectivity index (χ2v) is 10.4. The molecule has 1 aromatic heterocycles. The summed E-state index contributed by atoms with van der Waals surface area (Å²) in [4.78, 5) is 18.8. The molecule has 3 fully saturated rings. The van der Waals surface area contributed by atoms with Gasteiger partial charge >= 0.3 is 0 Å². The Morgan fingerprint density at radius 3 is 2.59 bits per heavy atom. The number of aryl methyl sites for hydroxylation is 1. The van der Waals surface area contributed by atoms with Crippen molar-refractivity contribution in [2.75, 3.05) is 39.4 Å². The zero-order valence-electron chi connectivity index (χ0n) is 16.9. The van der Waals surface area contributed by atoms with Crippen LogP contribution in [0.5, 0.6) is 0 Å². The van der Waals surface area contributed by atoms with Gasteiger partial charge in [0, 0.05) is 25.5 Å². The first-order valence-corrected chi connectivity index (χ1v) is 11.9. The number of carbonyl (C=O) groups is 1. The van der Waals surface area contributed by atoms with Crippen molar-refractivity contribution >= 4 is 15.9 Å². The lowest BCUT2D eigenvalue weighted by molar-refractivity contribution is -0.279. The molecule has 29 heavy (non-hydrogen) atoms. The third-order valence-corrected chi connectivity index (χ3v) is 8.52. The summed E-state index contributed by atoms with van der Waals surface area (Å²) >= 11 is 0. The lowest BCUT2D eigenvalue weighted by atomic mass is 10.0. The van der Waals surface area contributed by atoms with Crippen LogP contribution in [0.3, 0.4) is 0 Å². The minimum absolute atomic E-state index is 0.127. The van der Waals surface area contributed by atoms with E-state index in [9.17, 15) is 13.2 Å². The molecule has 3 aliphatic rings. The Hall–Kier alpha value is -1.55. The van der Waals surface area contributed by atoms with E-state index in [0.717, 1.165) is 37.7 Å². The van der Waals surface area contributed by atoms with Crippen LogP contribution in [-0.2, 0) is 19.5 Å².